The van der Waals surface area contributed by atoms with Gasteiger partial charge in [0.15, 0.2) is 0 Å². The first-order valence-electron chi connectivity index (χ1n) is 9.88. The molecule has 0 bridgehead atoms. The van der Waals surface area contributed by atoms with Crippen LogP contribution in [-0.2, 0) is 13.0 Å². The third-order valence-electron chi connectivity index (χ3n) is 5.29. The third-order valence-corrected chi connectivity index (χ3v) is 6.18. The summed E-state index contributed by atoms with van der Waals surface area (Å²) in [6.45, 7) is 1.88. The lowest BCUT2D eigenvalue weighted by Crippen LogP contribution is -2.30. The molecule has 3 aromatic carbocycles. The van der Waals surface area contributed by atoms with Crippen LogP contribution in [0.3, 0.4) is 0 Å². The fourth-order valence-electron chi connectivity index (χ4n) is 3.68. The lowest BCUT2D eigenvalue weighted by molar-refractivity contribution is 0.102. The molecule has 4 aromatic rings. The number of nitrogens with one attached hydrogen (secondary N) is 1. The number of nitrogens with zero attached hydrogens (tertiary/aromatic N) is 3. The van der Waals surface area contributed by atoms with Crippen LogP contribution in [0.2, 0.25) is 0 Å². The first-order valence-corrected chi connectivity index (χ1v) is 10.7. The van der Waals surface area contributed by atoms with Gasteiger partial charge in [-0.15, -0.1) is 10.2 Å². The number of hydrogen-bond donors (Lipinski definition) is 1. The molecule has 1 aromatic heterocycles. The van der Waals surface area contributed by atoms with Gasteiger partial charge in [-0.1, -0.05) is 65.9 Å². The van der Waals surface area contributed by atoms with E-state index in [9.17, 15) is 4.79 Å². The summed E-state index contributed by atoms with van der Waals surface area (Å²) in [6.07, 6.45) is 1.04. The fourth-order valence-corrected chi connectivity index (χ4v) is 4.42. The van der Waals surface area contributed by atoms with Gasteiger partial charge in [0.1, 0.15) is 5.01 Å². The summed E-state index contributed by atoms with van der Waals surface area (Å²) in [5.74, 6) is -0.179. The molecule has 0 saturated heterocycles. The van der Waals surface area contributed by atoms with Crippen LogP contribution < -0.4 is 10.2 Å². The number of carbonyl (C=O) groups excluding carboxylic acids is 1. The van der Waals surface area contributed by atoms with E-state index in [2.05, 4.69) is 44.7 Å². The minimum Gasteiger partial charge on any atom is -0.367 e. The molecule has 0 saturated carbocycles. The summed E-state index contributed by atoms with van der Waals surface area (Å²) >= 11 is 1.37. The summed E-state index contributed by atoms with van der Waals surface area (Å²) in [7, 11) is 0. The molecule has 1 amide bonds. The average Bonchev–Trinajstić information content (AvgIpc) is 3.28. The molecule has 0 radical (unpaired) electrons. The monoisotopic (exact) mass is 412 g/mol. The molecule has 0 atom stereocenters. The Hall–Kier alpha value is -3.51. The van der Waals surface area contributed by atoms with Crippen LogP contribution in [0.25, 0.3) is 10.6 Å². The van der Waals surface area contributed by atoms with Crippen LogP contribution >= 0.6 is 11.3 Å². The summed E-state index contributed by atoms with van der Waals surface area (Å²) in [5.41, 5.74) is 5.52. The van der Waals surface area contributed by atoms with Gasteiger partial charge in [-0.05, 0) is 41.8 Å². The van der Waals surface area contributed by atoms with Gasteiger partial charge in [-0.25, -0.2) is 0 Å². The van der Waals surface area contributed by atoms with Gasteiger partial charge in [0, 0.05) is 29.9 Å². The normalized spacial score (nSPS) is 13.0. The van der Waals surface area contributed by atoms with E-state index in [-0.39, 0.29) is 5.91 Å². The molecule has 0 fully saturated rings. The highest BCUT2D eigenvalue weighted by molar-refractivity contribution is 7.18. The number of benzene rings is 3. The molecule has 0 unspecified atom stereocenters. The number of carbonyl (C=O) groups is 1. The number of hydrogen-bond acceptors (Lipinski definition) is 5. The Morgan fingerprint density at radius 2 is 1.60 bits per heavy atom. The summed E-state index contributed by atoms with van der Waals surface area (Å²) in [6, 6.07) is 26.2. The van der Waals surface area contributed by atoms with E-state index in [0.29, 0.717) is 10.7 Å². The number of fused-ring (bicyclic) bond motifs is 1. The summed E-state index contributed by atoms with van der Waals surface area (Å²) in [5, 5.41) is 12.4. The smallest absolute Gasteiger partial charge is 0.257 e. The van der Waals surface area contributed by atoms with Crippen LogP contribution in [0.4, 0.5) is 10.8 Å². The van der Waals surface area contributed by atoms with Crippen LogP contribution in [0.5, 0.6) is 0 Å². The van der Waals surface area contributed by atoms with Crippen LogP contribution in [0.15, 0.2) is 78.9 Å². The van der Waals surface area contributed by atoms with Crippen molar-refractivity contribution in [1.82, 2.24) is 10.2 Å². The summed E-state index contributed by atoms with van der Waals surface area (Å²) < 4.78 is 0. The number of aromatic nitrogens is 2. The summed E-state index contributed by atoms with van der Waals surface area (Å²) in [4.78, 5) is 15.0. The minimum absolute atomic E-state index is 0.179. The van der Waals surface area contributed by atoms with Gasteiger partial charge in [0.25, 0.3) is 5.91 Å². The molecule has 2 heterocycles. The van der Waals surface area contributed by atoms with E-state index >= 15 is 0 Å². The molecule has 5 nitrogen and oxygen atoms in total. The van der Waals surface area contributed by atoms with Crippen molar-refractivity contribution in [2.24, 2.45) is 0 Å². The predicted molar refractivity (Wildman–Crippen MR) is 121 cm³/mol. The SMILES string of the molecule is O=C(Nc1nnc(-c2ccccc2)s1)c1ccc(N2CCc3ccccc3C2)cc1. The Morgan fingerprint density at radius 3 is 2.40 bits per heavy atom. The third kappa shape index (κ3) is 3.82. The van der Waals surface area contributed by atoms with Gasteiger partial charge >= 0.3 is 0 Å². The lowest BCUT2D eigenvalue weighted by Gasteiger charge is -2.30. The second-order valence-corrected chi connectivity index (χ2v) is 8.20. The van der Waals surface area contributed by atoms with Crippen LogP contribution in [0.1, 0.15) is 21.5 Å². The molecule has 30 heavy (non-hydrogen) atoms. The van der Waals surface area contributed by atoms with Gasteiger partial charge in [0.2, 0.25) is 5.13 Å². The van der Waals surface area contributed by atoms with Crippen molar-refractivity contribution in [3.63, 3.8) is 0 Å². The number of anilines is 2. The molecular formula is C24H20N4OS. The van der Waals surface area contributed by atoms with E-state index < -0.39 is 0 Å². The van der Waals surface area contributed by atoms with Crippen molar-refractivity contribution in [3.05, 3.63) is 95.6 Å². The maximum atomic E-state index is 12.6. The Labute approximate surface area is 179 Å². The maximum absolute atomic E-state index is 12.6. The van der Waals surface area contributed by atoms with E-state index in [1.807, 2.05) is 54.6 Å². The van der Waals surface area contributed by atoms with Gasteiger partial charge in [0.05, 0.1) is 0 Å². The molecule has 1 aliphatic heterocycles. The lowest BCUT2D eigenvalue weighted by atomic mass is 9.99. The fraction of sp³-hybridized carbons (Fsp3) is 0.125. The predicted octanol–water partition coefficient (Wildman–Crippen LogP) is 5.02. The topological polar surface area (TPSA) is 58.1 Å². The van der Waals surface area contributed by atoms with Gasteiger partial charge in [-0.2, -0.15) is 0 Å². The first kappa shape index (κ1) is 18.5. The Balaban J connectivity index is 1.26. The van der Waals surface area contributed by atoms with Crippen LogP contribution in [-0.4, -0.2) is 22.6 Å². The molecule has 5 rings (SSSR count). The Kier molecular flexibility index (Phi) is 4.99. The molecule has 6 heteroatoms. The molecular weight excluding hydrogens is 392 g/mol. The quantitative estimate of drug-likeness (QED) is 0.511. The molecule has 0 aliphatic carbocycles. The second kappa shape index (κ2) is 8.08. The van der Waals surface area contributed by atoms with Crippen molar-refractivity contribution in [1.29, 1.82) is 0 Å². The van der Waals surface area contributed by atoms with Crippen molar-refractivity contribution in [3.8, 4) is 10.6 Å². The van der Waals surface area contributed by atoms with E-state index in [1.54, 1.807) is 0 Å². The Bertz CT molecular complexity index is 1170. The molecule has 0 spiro atoms. The number of amides is 1. The second-order valence-electron chi connectivity index (χ2n) is 7.22. The highest BCUT2D eigenvalue weighted by atomic mass is 32.1. The van der Waals surface area contributed by atoms with E-state index in [1.165, 1.54) is 22.5 Å². The van der Waals surface area contributed by atoms with Crippen molar-refractivity contribution < 1.29 is 4.79 Å². The standard InChI is InChI=1S/C24H20N4OS/c29-22(25-24-27-26-23(30-24)19-7-2-1-3-8-19)18-10-12-21(13-11-18)28-15-14-17-6-4-5-9-20(17)16-28/h1-13H,14-16H2,(H,25,27,29). The zero-order chi connectivity index (χ0) is 20.3. The van der Waals surface area contributed by atoms with Crippen LogP contribution in [0, 0.1) is 0 Å². The van der Waals surface area contributed by atoms with Crippen molar-refractivity contribution in [2.45, 2.75) is 13.0 Å². The number of rotatable bonds is 4. The zero-order valence-corrected chi connectivity index (χ0v) is 17.1. The Morgan fingerprint density at radius 1 is 0.867 bits per heavy atom. The highest BCUT2D eigenvalue weighted by Crippen LogP contribution is 2.27. The van der Waals surface area contributed by atoms with Crippen molar-refractivity contribution >= 4 is 28.1 Å². The minimum atomic E-state index is -0.179. The average molecular weight is 413 g/mol. The van der Waals surface area contributed by atoms with Crippen molar-refractivity contribution in [2.75, 3.05) is 16.8 Å². The maximum Gasteiger partial charge on any atom is 0.257 e. The molecule has 148 valence electrons. The van der Waals surface area contributed by atoms with E-state index in [0.717, 1.165) is 35.8 Å². The molecule has 1 N–H and O–H groups in total. The van der Waals surface area contributed by atoms with E-state index in [4.69, 9.17) is 0 Å². The van der Waals surface area contributed by atoms with Gasteiger partial charge in [-0.3, -0.25) is 10.1 Å². The zero-order valence-electron chi connectivity index (χ0n) is 16.3. The highest BCUT2D eigenvalue weighted by Gasteiger charge is 2.17. The largest absolute Gasteiger partial charge is 0.367 e. The van der Waals surface area contributed by atoms with Gasteiger partial charge < -0.3 is 4.90 Å². The molecule has 1 aliphatic rings. The first-order chi connectivity index (χ1) is 14.8.